The van der Waals surface area contributed by atoms with Gasteiger partial charge in [-0.2, -0.15) is 25.9 Å². The number of hydrogen-bond donors (Lipinski definition) is 8. The highest BCUT2D eigenvalue weighted by atomic mass is 32.2. The van der Waals surface area contributed by atoms with Gasteiger partial charge in [-0.05, 0) is 110 Å². The van der Waals surface area contributed by atoms with Crippen molar-refractivity contribution in [1.82, 2.24) is 14.9 Å². The van der Waals surface area contributed by atoms with Crippen molar-refractivity contribution in [3.05, 3.63) is 65.7 Å². The van der Waals surface area contributed by atoms with E-state index in [9.17, 15) is 51.9 Å². The van der Waals surface area contributed by atoms with Crippen molar-refractivity contribution in [2.75, 3.05) is 32.0 Å². The van der Waals surface area contributed by atoms with Gasteiger partial charge in [-0.3, -0.25) is 9.52 Å². The lowest BCUT2D eigenvalue weighted by Crippen LogP contribution is -2.70. The molecule has 5 rings (SSSR count). The van der Waals surface area contributed by atoms with Crippen molar-refractivity contribution in [2.24, 2.45) is 17.8 Å². The molecule has 3 aliphatic rings. The highest BCUT2D eigenvalue weighted by Crippen LogP contribution is 2.43. The van der Waals surface area contributed by atoms with Gasteiger partial charge < -0.3 is 64.6 Å². The van der Waals surface area contributed by atoms with Crippen LogP contribution in [0.1, 0.15) is 106 Å². The van der Waals surface area contributed by atoms with Gasteiger partial charge in [0.25, 0.3) is 0 Å². The number of anilines is 1. The summed E-state index contributed by atoms with van der Waals surface area (Å²) in [5.74, 6) is -3.46. The molecule has 73 heavy (non-hydrogen) atoms. The molecule has 0 unspecified atom stereocenters. The number of aliphatic hydroxyl groups is 5. The van der Waals surface area contributed by atoms with Crippen molar-refractivity contribution in [3.63, 3.8) is 0 Å². The predicted octanol–water partition coefficient (Wildman–Crippen LogP) is 4.46. The van der Waals surface area contributed by atoms with E-state index in [1.54, 1.807) is 41.5 Å². The molecule has 0 aliphatic carbocycles. The Morgan fingerprint density at radius 2 is 1.55 bits per heavy atom. The Hall–Kier alpha value is -3.07. The molecule has 8 N–H and O–H groups in total. The monoisotopic (exact) mass is 1060 g/mol. The molecular formula is C51H81F3N4O14S. The van der Waals surface area contributed by atoms with Gasteiger partial charge in [-0.25, -0.2) is 0 Å². The number of nitrogens with zero attached hydrogens (tertiary/aromatic N) is 1. The van der Waals surface area contributed by atoms with E-state index in [4.69, 9.17) is 28.4 Å². The van der Waals surface area contributed by atoms with Crippen LogP contribution in [0.15, 0.2) is 54.6 Å². The zero-order chi connectivity index (χ0) is 54.6. The van der Waals surface area contributed by atoms with E-state index >= 15 is 0 Å². The first kappa shape index (κ1) is 60.8. The molecule has 3 heterocycles. The summed E-state index contributed by atoms with van der Waals surface area (Å²) < 4.78 is 109. The molecule has 3 saturated heterocycles. The van der Waals surface area contributed by atoms with Crippen molar-refractivity contribution < 1.29 is 80.3 Å². The number of nitrogens with one attached hydrogen (secondary N) is 3. The van der Waals surface area contributed by atoms with Gasteiger partial charge in [0, 0.05) is 51.3 Å². The second-order valence-electron chi connectivity index (χ2n) is 21.3. The molecule has 2 aromatic carbocycles. The Morgan fingerprint density at radius 3 is 2.14 bits per heavy atom. The number of esters is 1. The van der Waals surface area contributed by atoms with E-state index in [0.717, 1.165) is 34.1 Å². The molecule has 18 nitrogen and oxygen atoms in total. The van der Waals surface area contributed by atoms with E-state index in [-0.39, 0.29) is 50.4 Å². The van der Waals surface area contributed by atoms with Crippen LogP contribution in [-0.2, 0) is 56.1 Å². The molecule has 416 valence electrons. The maximum atomic E-state index is 14.6. The van der Waals surface area contributed by atoms with Crippen LogP contribution in [0, 0.1) is 17.8 Å². The summed E-state index contributed by atoms with van der Waals surface area (Å²) in [6.07, 6.45) is -16.1. The van der Waals surface area contributed by atoms with Crippen molar-refractivity contribution >= 4 is 21.9 Å². The van der Waals surface area contributed by atoms with Crippen LogP contribution in [0.3, 0.4) is 0 Å². The molecule has 0 radical (unpaired) electrons. The third-order valence-corrected chi connectivity index (χ3v) is 16.9. The summed E-state index contributed by atoms with van der Waals surface area (Å²) in [6, 6.07) is 11.1. The highest BCUT2D eigenvalue weighted by Gasteiger charge is 2.58. The summed E-state index contributed by atoms with van der Waals surface area (Å²) in [5.41, 5.74) is -6.85. The largest absolute Gasteiger partial charge is 0.459 e. The van der Waals surface area contributed by atoms with Gasteiger partial charge in [0.15, 0.2) is 12.6 Å². The number of rotatable bonds is 14. The van der Waals surface area contributed by atoms with Gasteiger partial charge in [0.1, 0.15) is 35.1 Å². The Balaban J connectivity index is 1.52. The van der Waals surface area contributed by atoms with Crippen LogP contribution in [0.25, 0.3) is 0 Å². The third-order valence-electron chi connectivity index (χ3n) is 15.4. The fourth-order valence-corrected chi connectivity index (χ4v) is 11.9. The number of cyclic esters (lactones) is 1. The van der Waals surface area contributed by atoms with Gasteiger partial charge in [0.2, 0.25) is 0 Å². The summed E-state index contributed by atoms with van der Waals surface area (Å²) >= 11 is 0. The van der Waals surface area contributed by atoms with Crippen LogP contribution in [-0.4, -0.2) is 161 Å². The van der Waals surface area contributed by atoms with Gasteiger partial charge >= 0.3 is 22.4 Å². The van der Waals surface area contributed by atoms with E-state index in [1.807, 2.05) is 37.3 Å². The maximum absolute atomic E-state index is 14.6. The molecule has 0 saturated carbocycles. The first-order valence-corrected chi connectivity index (χ1v) is 26.6. The number of carbonyl (C=O) groups excluding carboxylic acids is 1. The standard InChI is InChI=1S/C51H81F3N4O14S/c1-13-39-49(10,63)43(60)33(6)56-26-29(2)24-47(8,62)44(72-46-41(59)38(23-30(3)68-46)58(11)73(65,66)57-37-21-19-36(20-22-37)51(52,53)54)31(4)42(32(5)45(61)70-39)71-40-25-48(9,67-12)50(64,34(7)69-40)28-55-27-35-17-15-14-16-18-35/h14-22,29-34,38-44,46,55-57,59-60,62-64H,13,23-28H2,1-12H3/t29-,30-,31+,32-,33-,34+,38+,39-,40+,41-,42+,43-,44-,46+,47-,48-,49-,50+/m1/s1. The number of benzene rings is 2. The van der Waals surface area contributed by atoms with E-state index in [1.165, 1.54) is 34.9 Å². The number of alkyl halides is 3. The van der Waals surface area contributed by atoms with E-state index in [2.05, 4.69) is 15.4 Å². The summed E-state index contributed by atoms with van der Waals surface area (Å²) in [4.78, 5) is 14.6. The normalized spacial score (nSPS) is 39.8. The molecule has 3 aliphatic heterocycles. The van der Waals surface area contributed by atoms with Crippen LogP contribution in [0.2, 0.25) is 0 Å². The Labute approximate surface area is 428 Å². The predicted molar refractivity (Wildman–Crippen MR) is 265 cm³/mol. The number of aliphatic hydroxyl groups excluding tert-OH is 2. The fraction of sp³-hybridized carbons (Fsp3) is 0.745. The van der Waals surface area contributed by atoms with Gasteiger partial charge in [0.05, 0.1) is 47.5 Å². The number of likely N-dealkylation sites (N-methyl/N-ethyl adjacent to an activating group) is 1. The Kier molecular flexibility index (Phi) is 20.1. The number of carbonyl (C=O) groups is 1. The molecule has 0 aromatic heterocycles. The quantitative estimate of drug-likeness (QED) is 0.122. The van der Waals surface area contributed by atoms with Crippen LogP contribution >= 0.6 is 0 Å². The van der Waals surface area contributed by atoms with E-state index in [0.29, 0.717) is 6.54 Å². The second-order valence-corrected chi connectivity index (χ2v) is 23.1. The molecule has 2 aromatic rings. The van der Waals surface area contributed by atoms with Crippen LogP contribution in [0.5, 0.6) is 0 Å². The first-order chi connectivity index (χ1) is 33.8. The average Bonchev–Trinajstić information content (AvgIpc) is 3.32. The van der Waals surface area contributed by atoms with Crippen molar-refractivity contribution in [1.29, 1.82) is 0 Å². The SMILES string of the molecule is CC[C@H]1OC(=O)[C@H](C)[C@@H](O[C@H]2C[C@@](C)(OC)[C@](O)(CNCc3ccccc3)[C@H](C)O2)[C@H](C)[C@@H](O[C@@H]2O[C@H](C)C[C@H](N(C)S(=O)(=O)Nc3ccc(C(F)(F)F)cc3)[C@H]2O)[C@](C)(O)C[C@@H](C)CN[C@H](C)[C@@H](O)[C@]1(C)O. The van der Waals surface area contributed by atoms with Crippen LogP contribution < -0.4 is 15.4 Å². The first-order valence-electron chi connectivity index (χ1n) is 25.1. The minimum atomic E-state index is -4.65. The van der Waals surface area contributed by atoms with E-state index < -0.39 is 130 Å². The van der Waals surface area contributed by atoms with Crippen LogP contribution in [0.4, 0.5) is 18.9 Å². The number of halogens is 3. The lowest BCUT2D eigenvalue weighted by Gasteiger charge is -2.53. The fourth-order valence-electron chi connectivity index (χ4n) is 10.7. The molecule has 3 fully saturated rings. The maximum Gasteiger partial charge on any atom is 0.416 e. The third kappa shape index (κ3) is 14.1. The summed E-state index contributed by atoms with van der Waals surface area (Å²) in [7, 11) is -1.88. The zero-order valence-electron chi connectivity index (χ0n) is 44.1. The van der Waals surface area contributed by atoms with Crippen molar-refractivity contribution in [2.45, 2.75) is 197 Å². The highest BCUT2D eigenvalue weighted by molar-refractivity contribution is 7.90. The average molecular weight is 1060 g/mol. The smallest absolute Gasteiger partial charge is 0.416 e. The minimum absolute atomic E-state index is 0.00615. The molecule has 18 atom stereocenters. The summed E-state index contributed by atoms with van der Waals surface area (Å²) in [6.45, 7) is 17.1. The summed E-state index contributed by atoms with van der Waals surface area (Å²) in [5, 5.41) is 67.1. The molecule has 0 spiro atoms. The second kappa shape index (κ2) is 24.1. The van der Waals surface area contributed by atoms with Gasteiger partial charge in [-0.1, -0.05) is 51.1 Å². The molecule has 0 bridgehead atoms. The lowest BCUT2D eigenvalue weighted by molar-refractivity contribution is -0.336. The lowest BCUT2D eigenvalue weighted by atomic mass is 9.75. The van der Waals surface area contributed by atoms with Gasteiger partial charge in [-0.15, -0.1) is 0 Å². The minimum Gasteiger partial charge on any atom is -0.459 e. The number of ether oxygens (including phenoxy) is 6. The number of methoxy groups -OCH3 is 1. The topological polar surface area (TPSA) is 247 Å². The van der Waals surface area contributed by atoms with Crippen molar-refractivity contribution in [3.8, 4) is 0 Å². The zero-order valence-corrected chi connectivity index (χ0v) is 44.9. The Morgan fingerprint density at radius 1 is 0.918 bits per heavy atom. The number of hydrogen-bond acceptors (Lipinski definition) is 16. The Bertz CT molecular complexity index is 2200. The molecule has 22 heteroatoms. The molecular weight excluding hydrogens is 982 g/mol. The molecule has 0 amide bonds.